The predicted molar refractivity (Wildman–Crippen MR) is 134 cm³/mol. The van der Waals surface area contributed by atoms with Gasteiger partial charge in [-0.15, -0.1) is 0 Å². The minimum Gasteiger partial charge on any atom is -0.492 e. The van der Waals surface area contributed by atoms with Crippen LogP contribution in [0.4, 0.5) is 4.39 Å². The van der Waals surface area contributed by atoms with Crippen molar-refractivity contribution < 1.29 is 9.13 Å². The van der Waals surface area contributed by atoms with E-state index in [-0.39, 0.29) is 12.6 Å². The molecule has 4 heteroatoms. The van der Waals surface area contributed by atoms with Crippen molar-refractivity contribution >= 4 is 5.57 Å². The maximum Gasteiger partial charge on any atom is 0.119 e. The Bertz CT molecular complexity index is 1100. The van der Waals surface area contributed by atoms with Crippen LogP contribution in [0.15, 0.2) is 54.1 Å². The van der Waals surface area contributed by atoms with Crippen LogP contribution >= 0.6 is 0 Å². The molecule has 2 aliphatic heterocycles. The molecule has 0 N–H and O–H groups in total. The van der Waals surface area contributed by atoms with E-state index in [2.05, 4.69) is 65.3 Å². The van der Waals surface area contributed by atoms with E-state index in [0.717, 1.165) is 37.7 Å². The summed E-state index contributed by atoms with van der Waals surface area (Å²) in [7, 11) is 0. The number of alkyl halides is 1. The smallest absolute Gasteiger partial charge is 0.119 e. The van der Waals surface area contributed by atoms with E-state index >= 15 is 0 Å². The lowest BCUT2D eigenvalue weighted by Crippen LogP contribution is -2.71. The third-order valence-electron chi connectivity index (χ3n) is 9.37. The molecule has 0 spiro atoms. The molecule has 6 aliphatic rings. The maximum absolute atomic E-state index is 12.6. The van der Waals surface area contributed by atoms with Crippen molar-refractivity contribution in [3.05, 3.63) is 70.8 Å². The first-order chi connectivity index (χ1) is 16.6. The highest BCUT2D eigenvalue weighted by atomic mass is 19.1. The predicted octanol–water partition coefficient (Wildman–Crippen LogP) is 5.66. The highest BCUT2D eigenvalue weighted by Crippen LogP contribution is 2.65. The van der Waals surface area contributed by atoms with Crippen molar-refractivity contribution in [2.45, 2.75) is 56.7 Å². The van der Waals surface area contributed by atoms with Crippen LogP contribution in [0.2, 0.25) is 0 Å². The first-order valence-electron chi connectivity index (χ1n) is 13.2. The van der Waals surface area contributed by atoms with Crippen molar-refractivity contribution in [1.29, 1.82) is 0 Å². The molecule has 178 valence electrons. The Morgan fingerprint density at radius 2 is 1.79 bits per heavy atom. The molecule has 0 aromatic heterocycles. The van der Waals surface area contributed by atoms with Crippen LogP contribution in [-0.2, 0) is 6.42 Å². The third-order valence-corrected chi connectivity index (χ3v) is 9.37. The summed E-state index contributed by atoms with van der Waals surface area (Å²) in [5.74, 6) is 2.16. The van der Waals surface area contributed by atoms with Crippen molar-refractivity contribution in [3.63, 3.8) is 0 Å². The van der Waals surface area contributed by atoms with Gasteiger partial charge in [0, 0.05) is 37.1 Å². The fourth-order valence-corrected chi connectivity index (χ4v) is 7.62. The van der Waals surface area contributed by atoms with E-state index in [4.69, 9.17) is 4.74 Å². The van der Waals surface area contributed by atoms with Crippen LogP contribution in [0, 0.1) is 11.8 Å². The standard InChI is InChI=1S/C30H35FN2O/c1-20-12-27-26-5-3-2-4-24(26)13-28(27)29(33(20)30-14-21(15-30)16-30)23-6-8-25(9-7-23)34-11-10-32-18-22(17-31)19-32/h2-9,20-22,29H,10-19H2,1H3/t20-,21?,29-,30?/m1/s1. The summed E-state index contributed by atoms with van der Waals surface area (Å²) in [6, 6.07) is 18.9. The highest BCUT2D eigenvalue weighted by Gasteiger charge is 2.63. The average molecular weight is 459 g/mol. The van der Waals surface area contributed by atoms with E-state index in [1.165, 1.54) is 42.4 Å². The molecule has 2 aromatic rings. The van der Waals surface area contributed by atoms with Crippen LogP contribution in [0.25, 0.3) is 5.57 Å². The number of halogens is 1. The highest BCUT2D eigenvalue weighted by molar-refractivity contribution is 5.79. The summed E-state index contributed by atoms with van der Waals surface area (Å²) in [4.78, 5) is 5.19. The molecular formula is C30H35FN2O. The Hall–Kier alpha value is -2.17. The van der Waals surface area contributed by atoms with Gasteiger partial charge >= 0.3 is 0 Å². The molecule has 3 saturated carbocycles. The molecule has 1 saturated heterocycles. The molecular weight excluding hydrogens is 423 g/mol. The molecule has 0 unspecified atom stereocenters. The van der Waals surface area contributed by atoms with E-state index in [1.54, 1.807) is 11.1 Å². The number of rotatable bonds is 7. The second-order valence-electron chi connectivity index (χ2n) is 11.6. The van der Waals surface area contributed by atoms with Gasteiger partial charge in [-0.25, -0.2) is 0 Å². The number of fused-ring (bicyclic) bond motifs is 2. The molecule has 3 nitrogen and oxygen atoms in total. The molecule has 34 heavy (non-hydrogen) atoms. The SMILES string of the molecule is C[C@@H]1CC2=C(Cc3ccccc32)[C@@H](c2ccc(OCCN3CC(CF)C3)cc2)N1C12CC(C1)C2. The van der Waals surface area contributed by atoms with E-state index < -0.39 is 0 Å². The summed E-state index contributed by atoms with van der Waals surface area (Å²) in [5, 5.41) is 0. The molecule has 2 bridgehead atoms. The minimum absolute atomic E-state index is 0.194. The van der Waals surface area contributed by atoms with Crippen LogP contribution in [-0.4, -0.2) is 54.3 Å². The summed E-state index contributed by atoms with van der Waals surface area (Å²) in [6.07, 6.45) is 6.45. The molecule has 2 heterocycles. The molecule has 8 rings (SSSR count). The normalized spacial score (nSPS) is 32.5. The minimum atomic E-state index is -0.194. The molecule has 2 aromatic carbocycles. The average Bonchev–Trinajstić information content (AvgIpc) is 3.12. The number of hydrogen-bond acceptors (Lipinski definition) is 3. The Labute approximate surface area is 202 Å². The Morgan fingerprint density at radius 3 is 2.50 bits per heavy atom. The summed E-state index contributed by atoms with van der Waals surface area (Å²) >= 11 is 0. The maximum atomic E-state index is 12.6. The first kappa shape index (κ1) is 21.1. The second kappa shape index (κ2) is 7.93. The Morgan fingerprint density at radius 1 is 1.03 bits per heavy atom. The Kier molecular flexibility index (Phi) is 4.93. The quantitative estimate of drug-likeness (QED) is 0.532. The molecule has 0 radical (unpaired) electrons. The number of nitrogens with zero attached hydrogens (tertiary/aromatic N) is 2. The van der Waals surface area contributed by atoms with Crippen LogP contribution in [0.3, 0.4) is 0 Å². The second-order valence-corrected chi connectivity index (χ2v) is 11.6. The fraction of sp³-hybridized carbons (Fsp3) is 0.533. The fourth-order valence-electron chi connectivity index (χ4n) is 7.62. The van der Waals surface area contributed by atoms with Gasteiger partial charge in [-0.05, 0) is 84.9 Å². The van der Waals surface area contributed by atoms with Gasteiger partial charge in [0.15, 0.2) is 0 Å². The number of benzene rings is 2. The monoisotopic (exact) mass is 458 g/mol. The Balaban J connectivity index is 1.13. The van der Waals surface area contributed by atoms with Gasteiger partial charge in [-0.1, -0.05) is 36.4 Å². The van der Waals surface area contributed by atoms with Crippen LogP contribution < -0.4 is 4.74 Å². The zero-order valence-electron chi connectivity index (χ0n) is 20.2. The van der Waals surface area contributed by atoms with E-state index in [0.29, 0.717) is 24.2 Å². The number of ether oxygens (including phenoxy) is 1. The van der Waals surface area contributed by atoms with Gasteiger partial charge in [-0.3, -0.25) is 14.2 Å². The zero-order chi connectivity index (χ0) is 22.9. The third kappa shape index (κ3) is 3.21. The van der Waals surface area contributed by atoms with Gasteiger partial charge in [0.25, 0.3) is 0 Å². The largest absolute Gasteiger partial charge is 0.492 e. The van der Waals surface area contributed by atoms with Gasteiger partial charge in [0.1, 0.15) is 12.4 Å². The van der Waals surface area contributed by atoms with Gasteiger partial charge in [-0.2, -0.15) is 0 Å². The summed E-state index contributed by atoms with van der Waals surface area (Å²) in [5.41, 5.74) is 8.09. The lowest BCUT2D eigenvalue weighted by atomic mass is 9.48. The lowest BCUT2D eigenvalue weighted by molar-refractivity contribution is -0.173. The van der Waals surface area contributed by atoms with Gasteiger partial charge in [0.05, 0.1) is 12.7 Å². The molecule has 4 fully saturated rings. The molecule has 4 aliphatic carbocycles. The van der Waals surface area contributed by atoms with Crippen molar-refractivity contribution in [3.8, 4) is 5.75 Å². The summed E-state index contributed by atoms with van der Waals surface area (Å²) in [6.45, 7) is 5.55. The molecule has 2 atom stereocenters. The van der Waals surface area contributed by atoms with E-state index in [9.17, 15) is 4.39 Å². The lowest BCUT2D eigenvalue weighted by Gasteiger charge is -2.70. The van der Waals surface area contributed by atoms with Crippen molar-refractivity contribution in [2.75, 3.05) is 32.9 Å². The first-order valence-corrected chi connectivity index (χ1v) is 13.2. The summed E-state index contributed by atoms with van der Waals surface area (Å²) < 4.78 is 18.7. The topological polar surface area (TPSA) is 15.7 Å². The van der Waals surface area contributed by atoms with Crippen LogP contribution in [0.5, 0.6) is 5.75 Å². The number of likely N-dealkylation sites (tertiary alicyclic amines) is 1. The van der Waals surface area contributed by atoms with Gasteiger partial charge in [0.2, 0.25) is 0 Å². The van der Waals surface area contributed by atoms with E-state index in [1.807, 2.05) is 0 Å². The van der Waals surface area contributed by atoms with Crippen LogP contribution in [0.1, 0.15) is 55.3 Å². The zero-order valence-corrected chi connectivity index (χ0v) is 20.2. The van der Waals surface area contributed by atoms with Crippen molar-refractivity contribution in [1.82, 2.24) is 9.80 Å². The van der Waals surface area contributed by atoms with Gasteiger partial charge < -0.3 is 4.74 Å². The van der Waals surface area contributed by atoms with Crippen molar-refractivity contribution in [2.24, 2.45) is 11.8 Å². The number of hydrogen-bond donors (Lipinski definition) is 0. The molecule has 0 amide bonds.